The fraction of sp³-hybridized carbons (Fsp3) is 0.182. The van der Waals surface area contributed by atoms with E-state index < -0.39 is 0 Å². The van der Waals surface area contributed by atoms with Crippen molar-refractivity contribution in [3.05, 3.63) is 71.8 Å². The Morgan fingerprint density at radius 3 is 2.63 bits per heavy atom. The number of anilines is 1. The van der Waals surface area contributed by atoms with Gasteiger partial charge in [-0.05, 0) is 42.8 Å². The van der Waals surface area contributed by atoms with Crippen molar-refractivity contribution in [3.63, 3.8) is 0 Å². The normalized spacial score (nSPS) is 10.9. The Hall–Kier alpha value is -3.34. The number of carbonyl (C=O) groups is 1. The second-order valence-electron chi connectivity index (χ2n) is 6.14. The van der Waals surface area contributed by atoms with Crippen LogP contribution in [0.25, 0.3) is 10.8 Å². The lowest BCUT2D eigenvalue weighted by Gasteiger charge is -2.10. The molecule has 0 radical (unpaired) electrons. The Balaban J connectivity index is 1.67. The SMILES string of the molecule is CCOc1ccc2ccccc2c1C=NNC(=O)CNc1ccc(C)cc1. The van der Waals surface area contributed by atoms with E-state index in [1.165, 1.54) is 5.56 Å². The molecule has 0 bridgehead atoms. The zero-order chi connectivity index (χ0) is 19.1. The summed E-state index contributed by atoms with van der Waals surface area (Å²) < 4.78 is 5.70. The number of hydrogen-bond acceptors (Lipinski definition) is 4. The van der Waals surface area contributed by atoms with Crippen LogP contribution in [0.1, 0.15) is 18.1 Å². The van der Waals surface area contributed by atoms with Crippen LogP contribution in [-0.4, -0.2) is 25.3 Å². The molecule has 0 saturated carbocycles. The molecule has 0 unspecified atom stereocenters. The van der Waals surface area contributed by atoms with Gasteiger partial charge in [-0.25, -0.2) is 5.43 Å². The maximum Gasteiger partial charge on any atom is 0.259 e. The lowest BCUT2D eigenvalue weighted by atomic mass is 10.0. The quantitative estimate of drug-likeness (QED) is 0.492. The van der Waals surface area contributed by atoms with Crippen molar-refractivity contribution in [3.8, 4) is 5.75 Å². The van der Waals surface area contributed by atoms with E-state index >= 15 is 0 Å². The lowest BCUT2D eigenvalue weighted by Crippen LogP contribution is -2.25. The molecule has 0 fully saturated rings. The van der Waals surface area contributed by atoms with E-state index in [1.807, 2.05) is 74.5 Å². The summed E-state index contributed by atoms with van der Waals surface area (Å²) in [6, 6.07) is 19.8. The summed E-state index contributed by atoms with van der Waals surface area (Å²) >= 11 is 0. The molecule has 0 aromatic heterocycles. The highest BCUT2D eigenvalue weighted by molar-refractivity contribution is 6.02. The van der Waals surface area contributed by atoms with E-state index in [1.54, 1.807) is 6.21 Å². The second-order valence-corrected chi connectivity index (χ2v) is 6.14. The maximum absolute atomic E-state index is 12.0. The number of amides is 1. The first-order chi connectivity index (χ1) is 13.2. The lowest BCUT2D eigenvalue weighted by molar-refractivity contribution is -0.119. The number of hydrazone groups is 1. The molecule has 3 rings (SSSR count). The van der Waals surface area contributed by atoms with Crippen LogP contribution in [0.15, 0.2) is 65.8 Å². The third-order valence-corrected chi connectivity index (χ3v) is 4.12. The van der Waals surface area contributed by atoms with Crippen LogP contribution in [-0.2, 0) is 4.79 Å². The minimum atomic E-state index is -0.218. The van der Waals surface area contributed by atoms with Gasteiger partial charge in [-0.15, -0.1) is 0 Å². The molecular weight excluding hydrogens is 338 g/mol. The van der Waals surface area contributed by atoms with Crippen molar-refractivity contribution in [2.24, 2.45) is 5.10 Å². The Labute approximate surface area is 159 Å². The average Bonchev–Trinajstić information content (AvgIpc) is 2.69. The molecule has 5 nitrogen and oxygen atoms in total. The van der Waals surface area contributed by atoms with Crippen LogP contribution in [0.5, 0.6) is 5.75 Å². The van der Waals surface area contributed by atoms with Gasteiger partial charge in [0.15, 0.2) is 0 Å². The molecule has 3 aromatic carbocycles. The predicted molar refractivity (Wildman–Crippen MR) is 111 cm³/mol. The number of rotatable bonds is 7. The third kappa shape index (κ3) is 4.85. The molecule has 0 heterocycles. The smallest absolute Gasteiger partial charge is 0.259 e. The molecule has 0 spiro atoms. The summed E-state index contributed by atoms with van der Waals surface area (Å²) in [5.41, 5.74) is 5.48. The number of aryl methyl sites for hydroxylation is 1. The highest BCUT2D eigenvalue weighted by atomic mass is 16.5. The standard InChI is InChI=1S/C22H23N3O2/c1-3-27-21-13-10-17-6-4-5-7-19(17)20(21)14-24-25-22(26)15-23-18-11-8-16(2)9-12-18/h4-14,23H,3,15H2,1-2H3,(H,25,26). The average molecular weight is 361 g/mol. The topological polar surface area (TPSA) is 62.7 Å². The Morgan fingerprint density at radius 1 is 1.07 bits per heavy atom. The summed E-state index contributed by atoms with van der Waals surface area (Å²) in [5, 5.41) is 9.31. The molecule has 0 atom stereocenters. The van der Waals surface area contributed by atoms with Crippen LogP contribution >= 0.6 is 0 Å². The number of nitrogens with one attached hydrogen (secondary N) is 2. The molecule has 0 aliphatic heterocycles. The number of carbonyl (C=O) groups excluding carboxylic acids is 1. The van der Waals surface area contributed by atoms with Crippen molar-refractivity contribution >= 4 is 28.6 Å². The minimum Gasteiger partial charge on any atom is -0.493 e. The van der Waals surface area contributed by atoms with Crippen LogP contribution in [0.4, 0.5) is 5.69 Å². The molecular formula is C22H23N3O2. The minimum absolute atomic E-state index is 0.147. The van der Waals surface area contributed by atoms with Crippen LogP contribution in [0.3, 0.4) is 0 Å². The summed E-state index contributed by atoms with van der Waals surface area (Å²) in [4.78, 5) is 12.0. The van der Waals surface area contributed by atoms with Gasteiger partial charge in [0.2, 0.25) is 0 Å². The van der Waals surface area contributed by atoms with Crippen molar-refractivity contribution < 1.29 is 9.53 Å². The zero-order valence-electron chi connectivity index (χ0n) is 15.5. The molecule has 2 N–H and O–H groups in total. The van der Waals surface area contributed by atoms with Crippen molar-refractivity contribution in [1.82, 2.24) is 5.43 Å². The van der Waals surface area contributed by atoms with Gasteiger partial charge < -0.3 is 10.1 Å². The van der Waals surface area contributed by atoms with Gasteiger partial charge in [0.25, 0.3) is 5.91 Å². The Kier molecular flexibility index (Phi) is 6.05. The number of ether oxygens (including phenoxy) is 1. The fourth-order valence-electron chi connectivity index (χ4n) is 2.75. The number of hydrogen-bond donors (Lipinski definition) is 2. The van der Waals surface area contributed by atoms with Gasteiger partial charge >= 0.3 is 0 Å². The molecule has 0 saturated heterocycles. The second kappa shape index (κ2) is 8.85. The summed E-state index contributed by atoms with van der Waals surface area (Å²) in [5.74, 6) is 0.525. The molecule has 3 aromatic rings. The van der Waals surface area contributed by atoms with Gasteiger partial charge in [-0.3, -0.25) is 4.79 Å². The van der Waals surface area contributed by atoms with Crippen LogP contribution < -0.4 is 15.5 Å². The summed E-state index contributed by atoms with van der Waals surface area (Å²) in [6.45, 7) is 4.67. The van der Waals surface area contributed by atoms with E-state index in [0.717, 1.165) is 27.8 Å². The van der Waals surface area contributed by atoms with Gasteiger partial charge in [0.1, 0.15) is 5.75 Å². The van der Waals surface area contributed by atoms with E-state index in [0.29, 0.717) is 6.61 Å². The van der Waals surface area contributed by atoms with E-state index in [4.69, 9.17) is 4.74 Å². The van der Waals surface area contributed by atoms with Crippen molar-refractivity contribution in [1.29, 1.82) is 0 Å². The highest BCUT2D eigenvalue weighted by Crippen LogP contribution is 2.26. The van der Waals surface area contributed by atoms with Crippen LogP contribution in [0.2, 0.25) is 0 Å². The first-order valence-electron chi connectivity index (χ1n) is 8.94. The monoisotopic (exact) mass is 361 g/mol. The van der Waals surface area contributed by atoms with Crippen molar-refractivity contribution in [2.75, 3.05) is 18.5 Å². The molecule has 0 aliphatic carbocycles. The summed E-state index contributed by atoms with van der Waals surface area (Å²) in [6.07, 6.45) is 1.64. The predicted octanol–water partition coefficient (Wildman–Crippen LogP) is 4.11. The zero-order valence-corrected chi connectivity index (χ0v) is 15.5. The maximum atomic E-state index is 12.0. The van der Waals surface area contributed by atoms with E-state index in [9.17, 15) is 4.79 Å². The van der Waals surface area contributed by atoms with Gasteiger partial charge in [-0.1, -0.05) is 48.0 Å². The van der Waals surface area contributed by atoms with Gasteiger partial charge in [0.05, 0.1) is 19.4 Å². The molecule has 138 valence electrons. The molecule has 1 amide bonds. The first-order valence-corrected chi connectivity index (χ1v) is 8.94. The first kappa shape index (κ1) is 18.5. The van der Waals surface area contributed by atoms with Crippen molar-refractivity contribution in [2.45, 2.75) is 13.8 Å². The molecule has 27 heavy (non-hydrogen) atoms. The molecule has 5 heteroatoms. The van der Waals surface area contributed by atoms with Crippen LogP contribution in [0, 0.1) is 6.92 Å². The van der Waals surface area contributed by atoms with Gasteiger partial charge in [-0.2, -0.15) is 5.10 Å². The number of nitrogens with zero attached hydrogens (tertiary/aromatic N) is 1. The van der Waals surface area contributed by atoms with E-state index in [2.05, 4.69) is 15.8 Å². The largest absolute Gasteiger partial charge is 0.493 e. The Bertz CT molecular complexity index is 949. The fourth-order valence-corrected chi connectivity index (χ4v) is 2.75. The number of benzene rings is 3. The van der Waals surface area contributed by atoms with E-state index in [-0.39, 0.29) is 12.5 Å². The summed E-state index contributed by atoms with van der Waals surface area (Å²) in [7, 11) is 0. The third-order valence-electron chi connectivity index (χ3n) is 4.12. The Morgan fingerprint density at radius 2 is 1.85 bits per heavy atom. The number of fused-ring (bicyclic) bond motifs is 1. The van der Waals surface area contributed by atoms with Gasteiger partial charge in [0, 0.05) is 11.3 Å². The molecule has 0 aliphatic rings. The highest BCUT2D eigenvalue weighted by Gasteiger charge is 2.07.